The van der Waals surface area contributed by atoms with E-state index in [1.165, 1.54) is 41.1 Å². The molecule has 0 amide bonds. The summed E-state index contributed by atoms with van der Waals surface area (Å²) in [7, 11) is 0. The molecule has 2 N–H and O–H groups in total. The van der Waals surface area contributed by atoms with Gasteiger partial charge in [-0.25, -0.2) is 9.78 Å². The molecule has 1 aromatic carbocycles. The number of hydrogen-bond donors (Lipinski definition) is 2. The van der Waals surface area contributed by atoms with E-state index in [-0.39, 0.29) is 23.5 Å². The third-order valence-electron chi connectivity index (χ3n) is 3.56. The van der Waals surface area contributed by atoms with Crippen LogP contribution >= 0.6 is 0 Å². The van der Waals surface area contributed by atoms with Crippen LogP contribution in [0.2, 0.25) is 0 Å². The maximum atomic E-state index is 13.0. The number of pyridine rings is 1. The summed E-state index contributed by atoms with van der Waals surface area (Å²) in [6.45, 7) is -0.157. The Hall–Kier alpha value is -3.03. The molecule has 124 valence electrons. The van der Waals surface area contributed by atoms with Crippen LogP contribution in [0.15, 0.2) is 48.8 Å². The quantitative estimate of drug-likeness (QED) is 0.763. The molecule has 0 unspecified atom stereocenters. The van der Waals surface area contributed by atoms with Crippen molar-refractivity contribution in [3.05, 3.63) is 65.6 Å². The average molecular weight is 335 g/mol. The van der Waals surface area contributed by atoms with Crippen molar-refractivity contribution >= 4 is 17.3 Å². The van der Waals surface area contributed by atoms with Gasteiger partial charge in [0.1, 0.15) is 5.65 Å². The molecule has 0 spiro atoms. The molecule has 0 saturated carbocycles. The minimum atomic E-state index is -4.47. The highest BCUT2D eigenvalue weighted by Gasteiger charge is 2.32. The van der Waals surface area contributed by atoms with E-state index >= 15 is 0 Å². The van der Waals surface area contributed by atoms with Crippen LogP contribution in [0.25, 0.3) is 5.65 Å². The lowest BCUT2D eigenvalue weighted by molar-refractivity contribution is -0.138. The van der Waals surface area contributed by atoms with Crippen LogP contribution < -0.4 is 5.32 Å². The lowest BCUT2D eigenvalue weighted by Gasteiger charge is -2.15. The molecule has 2 heterocycles. The average Bonchev–Trinajstić information content (AvgIpc) is 2.99. The summed E-state index contributed by atoms with van der Waals surface area (Å²) in [5, 5.41) is 12.2. The van der Waals surface area contributed by atoms with Crippen molar-refractivity contribution in [3.63, 3.8) is 0 Å². The SMILES string of the molecule is O=C(O)c1c(NCc2ccccc2C(F)(F)F)ccc2nccn12. The molecule has 0 radical (unpaired) electrons. The molecule has 0 fully saturated rings. The second-order valence-electron chi connectivity index (χ2n) is 5.06. The Morgan fingerprint density at radius 1 is 1.21 bits per heavy atom. The summed E-state index contributed by atoms with van der Waals surface area (Å²) >= 11 is 0. The van der Waals surface area contributed by atoms with E-state index < -0.39 is 17.7 Å². The van der Waals surface area contributed by atoms with Gasteiger partial charge < -0.3 is 10.4 Å². The molecule has 5 nitrogen and oxygen atoms in total. The number of carboxylic acids is 1. The zero-order chi connectivity index (χ0) is 17.3. The molecule has 2 aromatic heterocycles. The number of carboxylic acid groups (broad SMARTS) is 1. The van der Waals surface area contributed by atoms with Crippen molar-refractivity contribution in [1.29, 1.82) is 0 Å². The summed E-state index contributed by atoms with van der Waals surface area (Å²) in [6.07, 6.45) is -1.54. The number of aromatic carboxylic acids is 1. The Balaban J connectivity index is 1.95. The van der Waals surface area contributed by atoms with Crippen LogP contribution in [0.4, 0.5) is 18.9 Å². The van der Waals surface area contributed by atoms with E-state index in [9.17, 15) is 23.1 Å². The van der Waals surface area contributed by atoms with Gasteiger partial charge in [0.15, 0.2) is 5.69 Å². The second-order valence-corrected chi connectivity index (χ2v) is 5.06. The minimum Gasteiger partial charge on any atom is -0.476 e. The summed E-state index contributed by atoms with van der Waals surface area (Å²) in [5.74, 6) is -1.20. The summed E-state index contributed by atoms with van der Waals surface area (Å²) in [6, 6.07) is 8.24. The number of rotatable bonds is 4. The highest BCUT2D eigenvalue weighted by atomic mass is 19.4. The van der Waals surface area contributed by atoms with Crippen LogP contribution in [0, 0.1) is 0 Å². The van der Waals surface area contributed by atoms with Gasteiger partial charge in [-0.15, -0.1) is 0 Å². The van der Waals surface area contributed by atoms with Gasteiger partial charge >= 0.3 is 12.1 Å². The maximum Gasteiger partial charge on any atom is 0.416 e. The monoisotopic (exact) mass is 335 g/mol. The van der Waals surface area contributed by atoms with Crippen molar-refractivity contribution in [3.8, 4) is 0 Å². The first-order valence-electron chi connectivity index (χ1n) is 6.96. The van der Waals surface area contributed by atoms with Crippen LogP contribution in [0.3, 0.4) is 0 Å². The molecule has 3 aromatic rings. The molecule has 24 heavy (non-hydrogen) atoms. The van der Waals surface area contributed by atoms with Gasteiger partial charge in [-0.05, 0) is 23.8 Å². The van der Waals surface area contributed by atoms with Crippen LogP contribution in [0.5, 0.6) is 0 Å². The molecule has 0 atom stereocenters. The van der Waals surface area contributed by atoms with Crippen molar-refractivity contribution in [2.75, 3.05) is 5.32 Å². The van der Waals surface area contributed by atoms with E-state index in [0.29, 0.717) is 5.65 Å². The van der Waals surface area contributed by atoms with Crippen molar-refractivity contribution in [1.82, 2.24) is 9.38 Å². The smallest absolute Gasteiger partial charge is 0.416 e. The van der Waals surface area contributed by atoms with Gasteiger partial charge in [-0.2, -0.15) is 13.2 Å². The zero-order valence-corrected chi connectivity index (χ0v) is 12.2. The Bertz CT molecular complexity index is 903. The fourth-order valence-corrected chi connectivity index (χ4v) is 2.50. The number of halogens is 3. The normalized spacial score (nSPS) is 11.6. The number of anilines is 1. The molecule has 0 aliphatic rings. The van der Waals surface area contributed by atoms with Gasteiger partial charge in [0.25, 0.3) is 0 Å². The highest BCUT2D eigenvalue weighted by Crippen LogP contribution is 2.32. The number of imidazole rings is 1. The molecular formula is C16H12F3N3O2. The molecule has 0 bridgehead atoms. The third-order valence-corrected chi connectivity index (χ3v) is 3.56. The van der Waals surface area contributed by atoms with Crippen LogP contribution in [0.1, 0.15) is 21.6 Å². The second kappa shape index (κ2) is 5.88. The molecule has 0 aliphatic heterocycles. The number of carbonyl (C=O) groups is 1. The minimum absolute atomic E-state index is 0.0343. The number of fused-ring (bicyclic) bond motifs is 1. The van der Waals surface area contributed by atoms with E-state index in [0.717, 1.165) is 6.07 Å². The summed E-state index contributed by atoms with van der Waals surface area (Å²) in [5.41, 5.74) is -0.154. The molecule has 8 heteroatoms. The fourth-order valence-electron chi connectivity index (χ4n) is 2.50. The number of alkyl halides is 3. The van der Waals surface area contributed by atoms with Crippen LogP contribution in [-0.4, -0.2) is 20.5 Å². The Morgan fingerprint density at radius 3 is 2.67 bits per heavy atom. The number of aromatic nitrogens is 2. The molecular weight excluding hydrogens is 323 g/mol. The van der Waals surface area contributed by atoms with E-state index in [4.69, 9.17) is 0 Å². The highest BCUT2D eigenvalue weighted by molar-refractivity contribution is 5.93. The van der Waals surface area contributed by atoms with Gasteiger partial charge in [-0.3, -0.25) is 4.40 Å². The van der Waals surface area contributed by atoms with Gasteiger partial charge in [-0.1, -0.05) is 18.2 Å². The fraction of sp³-hybridized carbons (Fsp3) is 0.125. The lowest BCUT2D eigenvalue weighted by Crippen LogP contribution is -2.14. The molecule has 3 rings (SSSR count). The zero-order valence-electron chi connectivity index (χ0n) is 12.2. The summed E-state index contributed by atoms with van der Waals surface area (Å²) < 4.78 is 40.4. The number of nitrogens with zero attached hydrogens (tertiary/aromatic N) is 2. The van der Waals surface area contributed by atoms with E-state index in [2.05, 4.69) is 10.3 Å². The van der Waals surface area contributed by atoms with Crippen molar-refractivity contribution in [2.45, 2.75) is 12.7 Å². The van der Waals surface area contributed by atoms with Gasteiger partial charge in [0, 0.05) is 18.9 Å². The molecule has 0 aliphatic carbocycles. The Kier molecular flexibility index (Phi) is 3.88. The Labute approximate surface area is 134 Å². The predicted molar refractivity (Wildman–Crippen MR) is 80.9 cm³/mol. The number of benzene rings is 1. The predicted octanol–water partition coefficient (Wildman–Crippen LogP) is 3.66. The van der Waals surface area contributed by atoms with Gasteiger partial charge in [0.2, 0.25) is 0 Å². The number of hydrogen-bond acceptors (Lipinski definition) is 3. The third kappa shape index (κ3) is 2.90. The topological polar surface area (TPSA) is 66.6 Å². The lowest BCUT2D eigenvalue weighted by atomic mass is 10.1. The number of nitrogens with one attached hydrogen (secondary N) is 1. The first-order valence-corrected chi connectivity index (χ1v) is 6.96. The standard InChI is InChI=1S/C16H12F3N3O2/c17-16(18,19)11-4-2-1-3-10(11)9-21-12-5-6-13-20-7-8-22(13)14(12)15(23)24/h1-8,21H,9H2,(H,23,24). The van der Waals surface area contributed by atoms with Crippen molar-refractivity contribution in [2.24, 2.45) is 0 Å². The maximum absolute atomic E-state index is 13.0. The van der Waals surface area contributed by atoms with Crippen molar-refractivity contribution < 1.29 is 23.1 Å². The first-order chi connectivity index (χ1) is 11.4. The molecule has 0 saturated heterocycles. The van der Waals surface area contributed by atoms with E-state index in [1.54, 1.807) is 6.07 Å². The van der Waals surface area contributed by atoms with E-state index in [1.807, 2.05) is 0 Å². The van der Waals surface area contributed by atoms with Gasteiger partial charge in [0.05, 0.1) is 11.3 Å². The largest absolute Gasteiger partial charge is 0.476 e. The first kappa shape index (κ1) is 15.9. The summed E-state index contributed by atoms with van der Waals surface area (Å²) in [4.78, 5) is 15.5. The Morgan fingerprint density at radius 2 is 1.96 bits per heavy atom. The van der Waals surface area contributed by atoms with Crippen LogP contribution in [-0.2, 0) is 12.7 Å².